The number of carbonyl (C=O) groups excluding carboxylic acids is 1. The average molecular weight is 376 g/mol. The zero-order valence-corrected chi connectivity index (χ0v) is 15.4. The predicted octanol–water partition coefficient (Wildman–Crippen LogP) is 3.44. The van der Waals surface area contributed by atoms with E-state index in [1.54, 1.807) is 6.07 Å². The van der Waals surface area contributed by atoms with Crippen LogP contribution in [0.1, 0.15) is 28.5 Å². The van der Waals surface area contributed by atoms with Crippen LogP contribution in [0.5, 0.6) is 11.5 Å². The number of benzene rings is 2. The van der Waals surface area contributed by atoms with Gasteiger partial charge in [-0.1, -0.05) is 31.2 Å². The summed E-state index contributed by atoms with van der Waals surface area (Å²) in [6.07, 6.45) is 2.28. The first kappa shape index (κ1) is 17.8. The third-order valence-electron chi connectivity index (χ3n) is 4.45. The number of para-hydroxylation sites is 1. The number of carbonyl (C=O) groups is 1. The van der Waals surface area contributed by atoms with Gasteiger partial charge < -0.3 is 20.1 Å². The second-order valence-corrected chi connectivity index (χ2v) is 6.29. The lowest BCUT2D eigenvalue weighted by Gasteiger charge is -2.11. The Balaban J connectivity index is 1.43. The van der Waals surface area contributed by atoms with E-state index < -0.39 is 0 Å². The number of aromatic nitrogens is 2. The largest absolute Gasteiger partial charge is 0.454 e. The van der Waals surface area contributed by atoms with Crippen LogP contribution in [0.4, 0.5) is 11.5 Å². The van der Waals surface area contributed by atoms with Crippen molar-refractivity contribution in [1.82, 2.24) is 15.3 Å². The Hall–Kier alpha value is -3.61. The molecule has 2 N–H and O–H groups in total. The fourth-order valence-corrected chi connectivity index (χ4v) is 2.96. The summed E-state index contributed by atoms with van der Waals surface area (Å²) in [6.45, 7) is 2.68. The van der Waals surface area contributed by atoms with Gasteiger partial charge in [-0.25, -0.2) is 9.97 Å². The van der Waals surface area contributed by atoms with Crippen molar-refractivity contribution < 1.29 is 14.3 Å². The number of aryl methyl sites for hydroxylation is 1. The smallest absolute Gasteiger partial charge is 0.270 e. The second-order valence-electron chi connectivity index (χ2n) is 6.29. The Kier molecular flexibility index (Phi) is 5.05. The molecule has 7 nitrogen and oxygen atoms in total. The Labute approximate surface area is 162 Å². The van der Waals surface area contributed by atoms with Crippen molar-refractivity contribution in [3.63, 3.8) is 0 Å². The molecule has 3 aromatic rings. The van der Waals surface area contributed by atoms with Crippen molar-refractivity contribution in [2.45, 2.75) is 19.9 Å². The van der Waals surface area contributed by atoms with Gasteiger partial charge in [-0.3, -0.25) is 4.79 Å². The molecule has 2 aromatic carbocycles. The van der Waals surface area contributed by atoms with Gasteiger partial charge in [0.2, 0.25) is 6.79 Å². The fraction of sp³-hybridized carbons (Fsp3) is 0.190. The van der Waals surface area contributed by atoms with Crippen LogP contribution in [0.2, 0.25) is 0 Å². The maximum absolute atomic E-state index is 12.5. The highest BCUT2D eigenvalue weighted by Crippen LogP contribution is 2.32. The van der Waals surface area contributed by atoms with Gasteiger partial charge in [0.1, 0.15) is 17.8 Å². The van der Waals surface area contributed by atoms with Gasteiger partial charge in [0, 0.05) is 18.3 Å². The van der Waals surface area contributed by atoms with E-state index in [0.29, 0.717) is 29.6 Å². The molecule has 1 aliphatic heterocycles. The van der Waals surface area contributed by atoms with Crippen LogP contribution in [-0.4, -0.2) is 22.7 Å². The van der Waals surface area contributed by atoms with Crippen molar-refractivity contribution in [3.05, 3.63) is 71.7 Å². The first-order valence-electron chi connectivity index (χ1n) is 9.06. The second kappa shape index (κ2) is 7.96. The summed E-state index contributed by atoms with van der Waals surface area (Å²) in [5, 5.41) is 6.13. The molecule has 7 heteroatoms. The standard InChI is InChI=1S/C21H20N4O3/c1-2-15-5-3-4-6-16(15)25-20-10-17(23-12-24-20)21(26)22-11-14-7-8-18-19(9-14)28-13-27-18/h3-10,12H,2,11,13H2,1H3,(H,22,26)(H,23,24,25). The van der Waals surface area contributed by atoms with E-state index in [1.807, 2.05) is 36.4 Å². The minimum atomic E-state index is -0.271. The van der Waals surface area contributed by atoms with E-state index >= 15 is 0 Å². The van der Waals surface area contributed by atoms with Crippen LogP contribution in [0.25, 0.3) is 0 Å². The van der Waals surface area contributed by atoms with Gasteiger partial charge >= 0.3 is 0 Å². The quantitative estimate of drug-likeness (QED) is 0.685. The predicted molar refractivity (Wildman–Crippen MR) is 105 cm³/mol. The van der Waals surface area contributed by atoms with Gasteiger partial charge in [-0.05, 0) is 35.7 Å². The summed E-state index contributed by atoms with van der Waals surface area (Å²) < 4.78 is 10.7. The van der Waals surface area contributed by atoms with E-state index in [-0.39, 0.29) is 12.7 Å². The molecule has 28 heavy (non-hydrogen) atoms. The maximum atomic E-state index is 12.5. The third-order valence-corrected chi connectivity index (χ3v) is 4.45. The first-order chi connectivity index (χ1) is 13.7. The van der Waals surface area contributed by atoms with Gasteiger partial charge in [-0.15, -0.1) is 0 Å². The van der Waals surface area contributed by atoms with E-state index in [9.17, 15) is 4.79 Å². The molecular weight excluding hydrogens is 356 g/mol. The molecule has 142 valence electrons. The summed E-state index contributed by atoms with van der Waals surface area (Å²) in [5.41, 5.74) is 3.36. The summed E-state index contributed by atoms with van der Waals surface area (Å²) >= 11 is 0. The summed E-state index contributed by atoms with van der Waals surface area (Å²) in [7, 11) is 0. The lowest BCUT2D eigenvalue weighted by molar-refractivity contribution is 0.0945. The molecule has 0 spiro atoms. The van der Waals surface area contributed by atoms with Gasteiger partial charge in [0.15, 0.2) is 11.5 Å². The van der Waals surface area contributed by atoms with Crippen molar-refractivity contribution >= 4 is 17.4 Å². The van der Waals surface area contributed by atoms with Gasteiger partial charge in [0.05, 0.1) is 0 Å². The summed E-state index contributed by atoms with van der Waals surface area (Å²) in [6, 6.07) is 15.2. The SMILES string of the molecule is CCc1ccccc1Nc1cc(C(=O)NCc2ccc3c(c2)OCO3)ncn1. The van der Waals surface area contributed by atoms with Crippen molar-refractivity contribution in [2.75, 3.05) is 12.1 Å². The topological polar surface area (TPSA) is 85.4 Å². The van der Waals surface area contributed by atoms with Crippen molar-refractivity contribution in [1.29, 1.82) is 0 Å². The molecule has 4 rings (SSSR count). The Bertz CT molecular complexity index is 1010. The molecule has 0 aliphatic carbocycles. The Morgan fingerprint density at radius 1 is 1.07 bits per heavy atom. The Morgan fingerprint density at radius 3 is 2.82 bits per heavy atom. The Morgan fingerprint density at radius 2 is 1.93 bits per heavy atom. The molecule has 0 unspecified atom stereocenters. The van der Waals surface area contributed by atoms with E-state index in [2.05, 4.69) is 33.6 Å². The average Bonchev–Trinajstić information content (AvgIpc) is 3.20. The monoisotopic (exact) mass is 376 g/mol. The number of nitrogens with one attached hydrogen (secondary N) is 2. The normalized spacial score (nSPS) is 11.9. The molecular formula is C21H20N4O3. The number of rotatable bonds is 6. The van der Waals surface area contributed by atoms with Crippen molar-refractivity contribution in [3.8, 4) is 11.5 Å². The van der Waals surface area contributed by atoms with Gasteiger partial charge in [-0.2, -0.15) is 0 Å². The number of amides is 1. The zero-order chi connectivity index (χ0) is 19.3. The van der Waals surface area contributed by atoms with Crippen molar-refractivity contribution in [2.24, 2.45) is 0 Å². The lowest BCUT2D eigenvalue weighted by Crippen LogP contribution is -2.24. The minimum absolute atomic E-state index is 0.225. The third kappa shape index (κ3) is 3.88. The molecule has 0 atom stereocenters. The number of nitrogens with zero attached hydrogens (tertiary/aromatic N) is 2. The number of hydrogen-bond acceptors (Lipinski definition) is 6. The van der Waals surface area contributed by atoms with Crippen LogP contribution in [0.15, 0.2) is 54.9 Å². The lowest BCUT2D eigenvalue weighted by atomic mass is 10.1. The number of fused-ring (bicyclic) bond motifs is 1. The number of ether oxygens (including phenoxy) is 2. The summed E-state index contributed by atoms with van der Waals surface area (Å²) in [4.78, 5) is 20.8. The fourth-order valence-electron chi connectivity index (χ4n) is 2.96. The first-order valence-corrected chi connectivity index (χ1v) is 9.06. The van der Waals surface area contributed by atoms with Gasteiger partial charge in [0.25, 0.3) is 5.91 Å². The highest BCUT2D eigenvalue weighted by Gasteiger charge is 2.14. The molecule has 0 saturated heterocycles. The molecule has 0 saturated carbocycles. The molecule has 0 radical (unpaired) electrons. The number of hydrogen-bond donors (Lipinski definition) is 2. The maximum Gasteiger partial charge on any atom is 0.270 e. The molecule has 0 fully saturated rings. The molecule has 1 aromatic heterocycles. The molecule has 2 heterocycles. The molecule has 1 amide bonds. The zero-order valence-electron chi connectivity index (χ0n) is 15.4. The minimum Gasteiger partial charge on any atom is -0.454 e. The van der Waals surface area contributed by atoms with Crippen LogP contribution >= 0.6 is 0 Å². The highest BCUT2D eigenvalue weighted by molar-refractivity contribution is 5.93. The van der Waals surface area contributed by atoms with Crippen LogP contribution in [0.3, 0.4) is 0 Å². The molecule has 1 aliphatic rings. The molecule has 0 bridgehead atoms. The van der Waals surface area contributed by atoms with Crippen LogP contribution in [-0.2, 0) is 13.0 Å². The highest BCUT2D eigenvalue weighted by atomic mass is 16.7. The van der Waals surface area contributed by atoms with E-state index in [4.69, 9.17) is 9.47 Å². The number of anilines is 2. The van der Waals surface area contributed by atoms with Crippen LogP contribution < -0.4 is 20.1 Å². The summed E-state index contributed by atoms with van der Waals surface area (Å²) in [5.74, 6) is 1.71. The van der Waals surface area contributed by atoms with E-state index in [1.165, 1.54) is 11.9 Å². The van der Waals surface area contributed by atoms with E-state index in [0.717, 1.165) is 17.7 Å². The van der Waals surface area contributed by atoms with Crippen LogP contribution in [0, 0.1) is 0 Å².